The molecule has 8 nitrogen and oxygen atoms in total. The first-order valence-corrected chi connectivity index (χ1v) is 10.8. The lowest BCUT2D eigenvalue weighted by molar-refractivity contribution is 0.0950. The van der Waals surface area contributed by atoms with E-state index in [0.717, 1.165) is 35.1 Å². The predicted molar refractivity (Wildman–Crippen MR) is 122 cm³/mol. The van der Waals surface area contributed by atoms with E-state index in [-0.39, 0.29) is 11.8 Å². The standard InChI is InChI=1S/C25H20N6O2/c32-24(28-14-16-7-10-26-11-8-16)19-15-29-31(23(19)17-5-6-17)25-27-12-9-20(30-25)22-13-18-3-1-2-4-21(18)33-22/h1-4,7-13,15,17H,5-6,14H2,(H,28,32). The molecule has 33 heavy (non-hydrogen) atoms. The van der Waals surface area contributed by atoms with Crippen LogP contribution < -0.4 is 5.32 Å². The lowest BCUT2D eigenvalue weighted by Gasteiger charge is -2.09. The number of furan rings is 1. The molecule has 1 aromatic carbocycles. The van der Waals surface area contributed by atoms with Crippen molar-refractivity contribution in [3.05, 3.63) is 90.1 Å². The van der Waals surface area contributed by atoms with Crippen LogP contribution in [-0.2, 0) is 6.54 Å². The first-order chi connectivity index (χ1) is 16.3. The Bertz CT molecular complexity index is 1420. The van der Waals surface area contributed by atoms with E-state index in [1.807, 2.05) is 48.5 Å². The number of hydrogen-bond acceptors (Lipinski definition) is 6. The third-order valence-electron chi connectivity index (χ3n) is 5.73. The Morgan fingerprint density at radius 1 is 1.09 bits per heavy atom. The van der Waals surface area contributed by atoms with Gasteiger partial charge in [0, 0.05) is 36.4 Å². The van der Waals surface area contributed by atoms with Gasteiger partial charge in [-0.25, -0.2) is 14.6 Å². The Morgan fingerprint density at radius 2 is 1.94 bits per heavy atom. The molecule has 0 unspecified atom stereocenters. The van der Waals surface area contributed by atoms with Crippen molar-refractivity contribution in [3.8, 4) is 17.4 Å². The fourth-order valence-electron chi connectivity index (χ4n) is 3.92. The molecule has 1 saturated carbocycles. The minimum atomic E-state index is -0.159. The number of hydrogen-bond donors (Lipinski definition) is 1. The minimum absolute atomic E-state index is 0.159. The van der Waals surface area contributed by atoms with Crippen LogP contribution in [0.25, 0.3) is 28.4 Å². The Hall–Kier alpha value is -4.33. The van der Waals surface area contributed by atoms with Crippen molar-refractivity contribution in [2.24, 2.45) is 0 Å². The Labute approximate surface area is 189 Å². The fourth-order valence-corrected chi connectivity index (χ4v) is 3.92. The molecule has 0 bridgehead atoms. The molecule has 4 aromatic heterocycles. The number of rotatable bonds is 6. The van der Waals surface area contributed by atoms with Gasteiger partial charge in [0.1, 0.15) is 11.3 Å². The van der Waals surface area contributed by atoms with Crippen LogP contribution in [0, 0.1) is 0 Å². The van der Waals surface area contributed by atoms with Crippen LogP contribution in [0.5, 0.6) is 0 Å². The molecule has 1 aliphatic carbocycles. The highest BCUT2D eigenvalue weighted by molar-refractivity contribution is 5.95. The maximum atomic E-state index is 13.0. The number of fused-ring (bicyclic) bond motifs is 1. The van der Waals surface area contributed by atoms with Crippen molar-refractivity contribution in [2.45, 2.75) is 25.3 Å². The molecule has 162 valence electrons. The van der Waals surface area contributed by atoms with Gasteiger partial charge in [-0.3, -0.25) is 9.78 Å². The highest BCUT2D eigenvalue weighted by Crippen LogP contribution is 2.42. The topological polar surface area (TPSA) is 98.7 Å². The molecule has 1 N–H and O–H groups in total. The van der Waals surface area contributed by atoms with E-state index in [2.05, 4.69) is 20.4 Å². The summed E-state index contributed by atoms with van der Waals surface area (Å²) in [4.78, 5) is 26.1. The quantitative estimate of drug-likeness (QED) is 0.427. The van der Waals surface area contributed by atoms with Crippen LogP contribution in [0.1, 0.15) is 40.4 Å². The van der Waals surface area contributed by atoms with Crippen molar-refractivity contribution in [3.63, 3.8) is 0 Å². The van der Waals surface area contributed by atoms with Crippen LogP contribution in [0.3, 0.4) is 0 Å². The van der Waals surface area contributed by atoms with Crippen LogP contribution in [0.4, 0.5) is 0 Å². The van der Waals surface area contributed by atoms with Gasteiger partial charge in [0.25, 0.3) is 11.9 Å². The lowest BCUT2D eigenvalue weighted by Crippen LogP contribution is -2.24. The summed E-state index contributed by atoms with van der Waals surface area (Å²) in [6, 6.07) is 15.4. The highest BCUT2D eigenvalue weighted by atomic mass is 16.3. The van der Waals surface area contributed by atoms with Gasteiger partial charge < -0.3 is 9.73 Å². The largest absolute Gasteiger partial charge is 0.454 e. The van der Waals surface area contributed by atoms with Crippen molar-refractivity contribution in [2.75, 3.05) is 0 Å². The molecular formula is C25H20N6O2. The highest BCUT2D eigenvalue weighted by Gasteiger charge is 2.33. The van der Waals surface area contributed by atoms with E-state index >= 15 is 0 Å². The number of aromatic nitrogens is 5. The molecular weight excluding hydrogens is 416 g/mol. The average Bonchev–Trinajstić information content (AvgIpc) is 3.45. The normalized spacial score (nSPS) is 13.3. The van der Waals surface area contributed by atoms with E-state index in [1.54, 1.807) is 29.5 Å². The van der Waals surface area contributed by atoms with Gasteiger partial charge in [-0.15, -0.1) is 0 Å². The molecule has 8 heteroatoms. The van der Waals surface area contributed by atoms with E-state index in [0.29, 0.717) is 29.5 Å². The summed E-state index contributed by atoms with van der Waals surface area (Å²) in [6.45, 7) is 0.425. The minimum Gasteiger partial charge on any atom is -0.454 e. The van der Waals surface area contributed by atoms with E-state index < -0.39 is 0 Å². The first kappa shape index (κ1) is 19.4. The third-order valence-corrected chi connectivity index (χ3v) is 5.73. The number of pyridine rings is 1. The fraction of sp³-hybridized carbons (Fsp3) is 0.160. The summed E-state index contributed by atoms with van der Waals surface area (Å²) in [7, 11) is 0. The van der Waals surface area contributed by atoms with Crippen LogP contribution in [0.2, 0.25) is 0 Å². The van der Waals surface area contributed by atoms with Gasteiger partial charge in [0.05, 0.1) is 17.5 Å². The number of carbonyl (C=O) groups excluding carboxylic acids is 1. The van der Waals surface area contributed by atoms with E-state index in [9.17, 15) is 4.79 Å². The molecule has 0 aliphatic heterocycles. The van der Waals surface area contributed by atoms with Crippen molar-refractivity contribution < 1.29 is 9.21 Å². The predicted octanol–water partition coefficient (Wildman–Crippen LogP) is 4.28. The number of carbonyl (C=O) groups is 1. The van der Waals surface area contributed by atoms with Gasteiger partial charge in [0.2, 0.25) is 0 Å². The van der Waals surface area contributed by atoms with Crippen molar-refractivity contribution >= 4 is 16.9 Å². The van der Waals surface area contributed by atoms with E-state index in [1.165, 1.54) is 0 Å². The maximum Gasteiger partial charge on any atom is 0.255 e. The number of nitrogens with one attached hydrogen (secondary N) is 1. The van der Waals surface area contributed by atoms with Crippen LogP contribution in [0.15, 0.2) is 77.7 Å². The van der Waals surface area contributed by atoms with Gasteiger partial charge in [-0.2, -0.15) is 5.10 Å². The number of amides is 1. The number of para-hydroxylation sites is 1. The summed E-state index contributed by atoms with van der Waals surface area (Å²) < 4.78 is 7.65. The molecule has 1 fully saturated rings. The summed E-state index contributed by atoms with van der Waals surface area (Å²) in [5, 5.41) is 8.48. The first-order valence-electron chi connectivity index (χ1n) is 10.8. The van der Waals surface area contributed by atoms with Gasteiger partial charge >= 0.3 is 0 Å². The SMILES string of the molecule is O=C(NCc1ccncc1)c1cnn(-c2nccc(-c3cc4ccccc4o3)n2)c1C1CC1. The average molecular weight is 436 g/mol. The summed E-state index contributed by atoms with van der Waals surface area (Å²) in [6.07, 6.45) is 8.74. The summed E-state index contributed by atoms with van der Waals surface area (Å²) >= 11 is 0. The maximum absolute atomic E-state index is 13.0. The Kier molecular flexibility index (Phi) is 4.68. The molecule has 6 rings (SSSR count). The second kappa shape index (κ2) is 7.98. The zero-order chi connectivity index (χ0) is 22.2. The molecule has 0 saturated heterocycles. The zero-order valence-electron chi connectivity index (χ0n) is 17.7. The van der Waals surface area contributed by atoms with Crippen molar-refractivity contribution in [1.29, 1.82) is 0 Å². The Balaban J connectivity index is 1.32. The molecule has 0 radical (unpaired) electrons. The van der Waals surface area contributed by atoms with Gasteiger partial charge in [-0.1, -0.05) is 18.2 Å². The Morgan fingerprint density at radius 3 is 2.76 bits per heavy atom. The van der Waals surface area contributed by atoms with Crippen LogP contribution >= 0.6 is 0 Å². The molecule has 4 heterocycles. The zero-order valence-corrected chi connectivity index (χ0v) is 17.7. The van der Waals surface area contributed by atoms with Gasteiger partial charge in [0.15, 0.2) is 5.76 Å². The van der Waals surface area contributed by atoms with Gasteiger partial charge in [-0.05, 0) is 48.7 Å². The molecule has 5 aromatic rings. The summed E-state index contributed by atoms with van der Waals surface area (Å²) in [5.74, 6) is 1.19. The smallest absolute Gasteiger partial charge is 0.255 e. The second-order valence-corrected chi connectivity index (χ2v) is 8.06. The third kappa shape index (κ3) is 3.76. The molecule has 0 spiro atoms. The number of benzene rings is 1. The van der Waals surface area contributed by atoms with E-state index in [4.69, 9.17) is 9.40 Å². The monoisotopic (exact) mass is 436 g/mol. The molecule has 1 amide bonds. The second-order valence-electron chi connectivity index (χ2n) is 8.06. The lowest BCUT2D eigenvalue weighted by atomic mass is 10.1. The van der Waals surface area contributed by atoms with Crippen LogP contribution in [-0.4, -0.2) is 30.6 Å². The summed E-state index contributed by atoms with van der Waals surface area (Å²) in [5.41, 5.74) is 3.87. The molecule has 0 atom stereocenters. The van der Waals surface area contributed by atoms with Crippen molar-refractivity contribution in [1.82, 2.24) is 30.0 Å². The molecule has 1 aliphatic rings. The number of nitrogens with zero attached hydrogens (tertiary/aromatic N) is 5.